The second kappa shape index (κ2) is 7.20. The Bertz CT molecular complexity index is 988. The lowest BCUT2D eigenvalue weighted by molar-refractivity contribution is 0.0792. The number of nitrogens with zero attached hydrogens (tertiary/aromatic N) is 2. The van der Waals surface area contributed by atoms with Gasteiger partial charge in [0.25, 0.3) is 5.91 Å². The summed E-state index contributed by atoms with van der Waals surface area (Å²) >= 11 is 6.03. The van der Waals surface area contributed by atoms with Gasteiger partial charge in [-0.2, -0.15) is 0 Å². The summed E-state index contributed by atoms with van der Waals surface area (Å²) in [7, 11) is 0. The van der Waals surface area contributed by atoms with Gasteiger partial charge in [0, 0.05) is 29.5 Å². The van der Waals surface area contributed by atoms with Gasteiger partial charge in [0.2, 0.25) is 0 Å². The van der Waals surface area contributed by atoms with Crippen LogP contribution < -0.4 is 0 Å². The minimum absolute atomic E-state index is 0.0374. The summed E-state index contributed by atoms with van der Waals surface area (Å²) in [5, 5.41) is 0.646. The van der Waals surface area contributed by atoms with Gasteiger partial charge in [-0.3, -0.25) is 4.79 Å². The fourth-order valence-electron chi connectivity index (χ4n) is 3.69. The highest BCUT2D eigenvalue weighted by molar-refractivity contribution is 6.30. The van der Waals surface area contributed by atoms with Crippen molar-refractivity contribution in [2.24, 2.45) is 0 Å². The third-order valence-corrected chi connectivity index (χ3v) is 5.33. The number of halogens is 2. The maximum Gasteiger partial charge on any atom is 0.255 e. The monoisotopic (exact) mass is 382 g/mol. The van der Waals surface area contributed by atoms with Crippen LogP contribution in [0.1, 0.15) is 28.9 Å². The van der Waals surface area contributed by atoms with E-state index in [9.17, 15) is 9.18 Å². The largest absolute Gasteiger partial charge is 0.339 e. The number of aromatic nitrogens is 1. The average molecular weight is 383 g/mol. The summed E-state index contributed by atoms with van der Waals surface area (Å²) in [5.41, 5.74) is 3.93. The van der Waals surface area contributed by atoms with E-state index < -0.39 is 0 Å². The van der Waals surface area contributed by atoms with Crippen molar-refractivity contribution in [1.29, 1.82) is 0 Å². The average Bonchev–Trinajstić information content (AvgIpc) is 3.30. The van der Waals surface area contributed by atoms with Gasteiger partial charge in [0.05, 0.1) is 11.3 Å². The summed E-state index contributed by atoms with van der Waals surface area (Å²) in [4.78, 5) is 14.9. The molecule has 0 bridgehead atoms. The molecule has 1 fully saturated rings. The zero-order valence-electron chi connectivity index (χ0n) is 15.1. The highest BCUT2D eigenvalue weighted by Crippen LogP contribution is 2.31. The third kappa shape index (κ3) is 3.37. The van der Waals surface area contributed by atoms with Gasteiger partial charge in [-0.25, -0.2) is 4.39 Å². The number of carbonyl (C=O) groups excluding carboxylic acids is 1. The van der Waals surface area contributed by atoms with Crippen LogP contribution in [0, 0.1) is 12.7 Å². The summed E-state index contributed by atoms with van der Waals surface area (Å²) in [6.07, 6.45) is 2.08. The Kier molecular flexibility index (Phi) is 4.75. The van der Waals surface area contributed by atoms with E-state index in [4.69, 9.17) is 11.6 Å². The SMILES string of the molecule is Cc1c(C(=O)N2CCCC2)cc(-c2ccc(Cl)cc2)n1-c1cccc(F)c1. The third-order valence-electron chi connectivity index (χ3n) is 5.08. The van der Waals surface area contributed by atoms with Crippen molar-refractivity contribution in [3.63, 3.8) is 0 Å². The van der Waals surface area contributed by atoms with Crippen molar-refractivity contribution in [3.8, 4) is 16.9 Å². The van der Waals surface area contributed by atoms with E-state index in [1.165, 1.54) is 12.1 Å². The lowest BCUT2D eigenvalue weighted by atomic mass is 10.1. The van der Waals surface area contributed by atoms with Crippen LogP contribution in [0.5, 0.6) is 0 Å². The van der Waals surface area contributed by atoms with Crippen LogP contribution in [0.4, 0.5) is 4.39 Å². The van der Waals surface area contributed by atoms with Crippen LogP contribution in [-0.2, 0) is 0 Å². The molecule has 1 saturated heterocycles. The molecule has 2 aromatic carbocycles. The normalized spacial score (nSPS) is 14.0. The van der Waals surface area contributed by atoms with E-state index in [0.29, 0.717) is 16.3 Å². The fraction of sp³-hybridized carbons (Fsp3) is 0.227. The number of hydrogen-bond acceptors (Lipinski definition) is 1. The lowest BCUT2D eigenvalue weighted by Crippen LogP contribution is -2.27. The number of benzene rings is 2. The molecule has 138 valence electrons. The molecule has 4 rings (SSSR count). The molecule has 0 spiro atoms. The lowest BCUT2D eigenvalue weighted by Gasteiger charge is -2.16. The predicted molar refractivity (Wildman–Crippen MR) is 106 cm³/mol. The number of likely N-dealkylation sites (tertiary alicyclic amines) is 1. The van der Waals surface area contributed by atoms with Crippen molar-refractivity contribution < 1.29 is 9.18 Å². The molecule has 3 nitrogen and oxygen atoms in total. The second-order valence-corrected chi connectivity index (χ2v) is 7.29. The second-order valence-electron chi connectivity index (χ2n) is 6.85. The van der Waals surface area contributed by atoms with Gasteiger partial charge in [-0.15, -0.1) is 0 Å². The molecule has 0 unspecified atom stereocenters. The molecule has 0 aliphatic carbocycles. The minimum atomic E-state index is -0.310. The van der Waals surface area contributed by atoms with Gasteiger partial charge in [-0.1, -0.05) is 29.8 Å². The Morgan fingerprint density at radius 3 is 2.41 bits per heavy atom. The van der Waals surface area contributed by atoms with Crippen LogP contribution in [0.25, 0.3) is 16.9 Å². The first-order valence-electron chi connectivity index (χ1n) is 9.08. The van der Waals surface area contributed by atoms with E-state index in [2.05, 4.69) is 0 Å². The van der Waals surface area contributed by atoms with Crippen molar-refractivity contribution in [3.05, 3.63) is 76.7 Å². The smallest absolute Gasteiger partial charge is 0.255 e. The molecule has 1 aromatic heterocycles. The zero-order chi connectivity index (χ0) is 19.0. The molecule has 3 aromatic rings. The molecule has 5 heteroatoms. The Labute approximate surface area is 163 Å². The van der Waals surface area contributed by atoms with Crippen LogP contribution >= 0.6 is 11.6 Å². The summed E-state index contributed by atoms with van der Waals surface area (Å²) in [5.74, 6) is -0.273. The van der Waals surface area contributed by atoms with E-state index in [-0.39, 0.29) is 11.7 Å². The van der Waals surface area contributed by atoms with Crippen molar-refractivity contribution in [2.45, 2.75) is 19.8 Å². The fourth-order valence-corrected chi connectivity index (χ4v) is 3.82. The topological polar surface area (TPSA) is 25.2 Å². The van der Waals surface area contributed by atoms with Gasteiger partial charge in [0.15, 0.2) is 0 Å². The first kappa shape index (κ1) is 17.8. The quantitative estimate of drug-likeness (QED) is 0.588. The van der Waals surface area contributed by atoms with Crippen LogP contribution in [0.3, 0.4) is 0 Å². The van der Waals surface area contributed by atoms with Gasteiger partial charge in [-0.05, 0) is 61.7 Å². The molecule has 1 amide bonds. The van der Waals surface area contributed by atoms with Gasteiger partial charge < -0.3 is 9.47 Å². The first-order chi connectivity index (χ1) is 13.0. The van der Waals surface area contributed by atoms with E-state index >= 15 is 0 Å². The van der Waals surface area contributed by atoms with E-state index in [1.54, 1.807) is 6.07 Å². The number of carbonyl (C=O) groups is 1. The number of rotatable bonds is 3. The molecule has 2 heterocycles. The van der Waals surface area contributed by atoms with E-state index in [0.717, 1.165) is 42.9 Å². The summed E-state index contributed by atoms with van der Waals surface area (Å²) < 4.78 is 15.8. The maximum atomic E-state index is 13.9. The maximum absolute atomic E-state index is 13.9. The van der Waals surface area contributed by atoms with Gasteiger partial charge >= 0.3 is 0 Å². The van der Waals surface area contributed by atoms with Gasteiger partial charge in [0.1, 0.15) is 5.82 Å². The minimum Gasteiger partial charge on any atom is -0.339 e. The highest BCUT2D eigenvalue weighted by atomic mass is 35.5. The molecule has 0 atom stereocenters. The molecular weight excluding hydrogens is 363 g/mol. The standard InChI is InChI=1S/C22H20ClFN2O/c1-15-20(22(27)25-11-2-3-12-25)14-21(16-7-9-17(23)10-8-16)26(15)19-6-4-5-18(24)13-19/h4-10,13-14H,2-3,11-12H2,1H3. The van der Waals surface area contributed by atoms with Crippen molar-refractivity contribution in [1.82, 2.24) is 9.47 Å². The van der Waals surface area contributed by atoms with Crippen LogP contribution in [0.15, 0.2) is 54.6 Å². The molecular formula is C22H20ClFN2O. The zero-order valence-corrected chi connectivity index (χ0v) is 15.8. The predicted octanol–water partition coefficient (Wildman–Crippen LogP) is 5.48. The molecule has 1 aliphatic heterocycles. The van der Waals surface area contributed by atoms with Crippen LogP contribution in [0.2, 0.25) is 5.02 Å². The molecule has 27 heavy (non-hydrogen) atoms. The number of amides is 1. The Balaban J connectivity index is 1.89. The Morgan fingerprint density at radius 2 is 1.74 bits per heavy atom. The Morgan fingerprint density at radius 1 is 1.04 bits per heavy atom. The summed E-state index contributed by atoms with van der Waals surface area (Å²) in [6.45, 7) is 3.49. The van der Waals surface area contributed by atoms with Crippen molar-refractivity contribution >= 4 is 17.5 Å². The van der Waals surface area contributed by atoms with E-state index in [1.807, 2.05) is 52.8 Å². The Hall–Kier alpha value is -2.59. The number of hydrogen-bond donors (Lipinski definition) is 0. The molecule has 0 N–H and O–H groups in total. The molecule has 0 radical (unpaired) electrons. The first-order valence-corrected chi connectivity index (χ1v) is 9.46. The summed E-state index contributed by atoms with van der Waals surface area (Å²) in [6, 6.07) is 15.8. The van der Waals surface area contributed by atoms with Crippen LogP contribution in [-0.4, -0.2) is 28.5 Å². The molecule has 1 aliphatic rings. The molecule has 0 saturated carbocycles. The van der Waals surface area contributed by atoms with Crippen molar-refractivity contribution in [2.75, 3.05) is 13.1 Å². The highest BCUT2D eigenvalue weighted by Gasteiger charge is 2.25.